The lowest BCUT2D eigenvalue weighted by Crippen LogP contribution is -3.11. The molecular formula is C28H31N2O5S+. The SMILES string of the molecule is CCOC(=O)c1oc2c(C[NH+]3CCC(C)CC3)c(O)c(CC)cc2c(=O)c1-c1nc2ccccc2s1. The van der Waals surface area contributed by atoms with Gasteiger partial charge in [-0.2, -0.15) is 0 Å². The second kappa shape index (κ2) is 10.0. The number of carbonyl (C=O) groups is 1. The summed E-state index contributed by atoms with van der Waals surface area (Å²) in [6, 6.07) is 9.28. The van der Waals surface area contributed by atoms with Crippen LogP contribution in [0.4, 0.5) is 0 Å². The molecule has 1 fully saturated rings. The Morgan fingerprint density at radius 2 is 2.00 bits per heavy atom. The number of phenolic OH excluding ortho intramolecular Hbond substituents is 1. The minimum Gasteiger partial charge on any atom is -0.507 e. The van der Waals surface area contributed by atoms with Gasteiger partial charge in [-0.05, 0) is 55.9 Å². The van der Waals surface area contributed by atoms with Gasteiger partial charge >= 0.3 is 5.97 Å². The Kier molecular flexibility index (Phi) is 6.81. The number of aromatic nitrogens is 1. The van der Waals surface area contributed by atoms with Crippen LogP contribution in [0.25, 0.3) is 31.8 Å². The number of quaternary nitrogens is 1. The summed E-state index contributed by atoms with van der Waals surface area (Å²) >= 11 is 1.34. The Labute approximate surface area is 213 Å². The van der Waals surface area contributed by atoms with Crippen LogP contribution in [0, 0.1) is 5.92 Å². The Hall–Kier alpha value is -3.23. The zero-order valence-corrected chi connectivity index (χ0v) is 21.7. The van der Waals surface area contributed by atoms with E-state index in [4.69, 9.17) is 9.15 Å². The molecule has 5 rings (SSSR count). The van der Waals surface area contributed by atoms with E-state index in [1.807, 2.05) is 31.2 Å². The number of para-hydroxylation sites is 1. The maximum absolute atomic E-state index is 14.0. The highest BCUT2D eigenvalue weighted by atomic mass is 32.1. The summed E-state index contributed by atoms with van der Waals surface area (Å²) in [5, 5.41) is 11.9. The van der Waals surface area contributed by atoms with Gasteiger partial charge in [-0.1, -0.05) is 26.0 Å². The number of benzene rings is 2. The number of piperidine rings is 1. The Balaban J connectivity index is 1.76. The van der Waals surface area contributed by atoms with E-state index < -0.39 is 5.97 Å². The van der Waals surface area contributed by atoms with Crippen molar-refractivity contribution < 1.29 is 24.0 Å². The van der Waals surface area contributed by atoms with Crippen molar-refractivity contribution in [1.82, 2.24) is 4.98 Å². The third-order valence-electron chi connectivity index (χ3n) is 7.09. The monoisotopic (exact) mass is 507 g/mol. The fraction of sp³-hybridized carbons (Fsp3) is 0.393. The van der Waals surface area contributed by atoms with Gasteiger partial charge in [-0.25, -0.2) is 9.78 Å². The molecule has 0 unspecified atom stereocenters. The molecule has 8 heteroatoms. The fourth-order valence-corrected chi connectivity index (χ4v) is 6.00. The third-order valence-corrected chi connectivity index (χ3v) is 8.14. The van der Waals surface area contributed by atoms with Crippen LogP contribution < -0.4 is 10.3 Å². The number of carbonyl (C=O) groups excluding carboxylic acids is 1. The van der Waals surface area contributed by atoms with Gasteiger partial charge in [0.1, 0.15) is 22.9 Å². The number of hydrogen-bond donors (Lipinski definition) is 2. The minimum atomic E-state index is -0.713. The maximum Gasteiger partial charge on any atom is 0.375 e. The number of ether oxygens (including phenoxy) is 1. The summed E-state index contributed by atoms with van der Waals surface area (Å²) in [5.74, 6) is -0.0527. The number of nitrogens with zero attached hydrogens (tertiary/aromatic N) is 1. The molecule has 2 aromatic heterocycles. The molecule has 0 saturated carbocycles. The lowest BCUT2D eigenvalue weighted by Gasteiger charge is -2.28. The van der Waals surface area contributed by atoms with Gasteiger partial charge in [-0.3, -0.25) is 4.79 Å². The predicted octanol–water partition coefficient (Wildman–Crippen LogP) is 4.33. The first-order valence-electron chi connectivity index (χ1n) is 12.6. The highest BCUT2D eigenvalue weighted by Crippen LogP contribution is 2.36. The number of thiazole rings is 1. The van der Waals surface area contributed by atoms with E-state index in [9.17, 15) is 14.7 Å². The molecule has 1 saturated heterocycles. The zero-order valence-electron chi connectivity index (χ0n) is 20.8. The molecule has 2 aromatic carbocycles. The van der Waals surface area contributed by atoms with E-state index >= 15 is 0 Å². The van der Waals surface area contributed by atoms with E-state index in [0.29, 0.717) is 40.4 Å². The van der Waals surface area contributed by atoms with Crippen LogP contribution >= 0.6 is 11.3 Å². The number of hydrogen-bond acceptors (Lipinski definition) is 7. The number of likely N-dealkylation sites (tertiary alicyclic amines) is 1. The molecule has 1 aliphatic heterocycles. The highest BCUT2D eigenvalue weighted by molar-refractivity contribution is 7.21. The standard InChI is InChI=1S/C28H30N2O5S/c1-4-17-14-18-24(32)22(27-29-20-8-6-7-9-21(20)36-27)26(28(33)34-5-2)35-25(18)19(23(17)31)15-30-12-10-16(3)11-13-30/h6-9,14,16,31H,4-5,10-13,15H2,1-3H3/p+1. The largest absolute Gasteiger partial charge is 0.507 e. The maximum atomic E-state index is 14.0. The number of nitrogens with one attached hydrogen (secondary N) is 1. The number of phenols is 1. The van der Waals surface area contributed by atoms with Crippen LogP contribution in [-0.4, -0.2) is 35.8 Å². The fourth-order valence-electron chi connectivity index (χ4n) is 4.99. The molecule has 36 heavy (non-hydrogen) atoms. The highest BCUT2D eigenvalue weighted by Gasteiger charge is 2.30. The van der Waals surface area contributed by atoms with E-state index in [-0.39, 0.29) is 34.7 Å². The first-order chi connectivity index (χ1) is 17.4. The molecule has 7 nitrogen and oxygen atoms in total. The van der Waals surface area contributed by atoms with E-state index in [2.05, 4.69) is 11.9 Å². The van der Waals surface area contributed by atoms with Crippen LogP contribution in [0.3, 0.4) is 0 Å². The summed E-state index contributed by atoms with van der Waals surface area (Å²) < 4.78 is 12.4. The molecule has 0 bridgehead atoms. The molecule has 3 heterocycles. The summed E-state index contributed by atoms with van der Waals surface area (Å²) in [4.78, 5) is 33.0. The molecule has 1 aliphatic rings. The molecular weight excluding hydrogens is 476 g/mol. The van der Waals surface area contributed by atoms with Crippen molar-refractivity contribution in [1.29, 1.82) is 0 Å². The van der Waals surface area contributed by atoms with Gasteiger partial charge < -0.3 is 19.2 Å². The van der Waals surface area contributed by atoms with Crippen molar-refractivity contribution >= 4 is 38.5 Å². The second-order valence-corrected chi connectivity index (χ2v) is 10.6. The number of rotatable bonds is 6. The number of fused-ring (bicyclic) bond motifs is 2. The quantitative estimate of drug-likeness (QED) is 0.378. The van der Waals surface area contributed by atoms with Crippen molar-refractivity contribution in [2.24, 2.45) is 5.92 Å². The Morgan fingerprint density at radius 3 is 2.69 bits per heavy atom. The summed E-state index contributed by atoms with van der Waals surface area (Å²) in [7, 11) is 0. The van der Waals surface area contributed by atoms with Crippen LogP contribution in [-0.2, 0) is 17.7 Å². The predicted molar refractivity (Wildman–Crippen MR) is 141 cm³/mol. The van der Waals surface area contributed by atoms with Gasteiger partial charge in [0.15, 0.2) is 5.58 Å². The van der Waals surface area contributed by atoms with Crippen molar-refractivity contribution in [3.63, 3.8) is 0 Å². The molecule has 0 atom stereocenters. The second-order valence-electron chi connectivity index (χ2n) is 9.54. The smallest absolute Gasteiger partial charge is 0.375 e. The molecule has 0 spiro atoms. The zero-order chi connectivity index (χ0) is 25.4. The average Bonchev–Trinajstić information content (AvgIpc) is 3.30. The van der Waals surface area contributed by atoms with Crippen LogP contribution in [0.15, 0.2) is 39.5 Å². The van der Waals surface area contributed by atoms with Crippen molar-refractivity contribution in [2.75, 3.05) is 19.7 Å². The Bertz CT molecular complexity index is 1460. The van der Waals surface area contributed by atoms with Crippen molar-refractivity contribution in [2.45, 2.75) is 46.6 Å². The number of aromatic hydroxyl groups is 1. The molecule has 188 valence electrons. The third kappa shape index (κ3) is 4.40. The molecule has 4 aromatic rings. The van der Waals surface area contributed by atoms with Crippen molar-refractivity contribution in [3.8, 4) is 16.3 Å². The number of esters is 1. The average molecular weight is 508 g/mol. The lowest BCUT2D eigenvalue weighted by molar-refractivity contribution is -0.919. The van der Waals surface area contributed by atoms with Gasteiger partial charge in [0, 0.05) is 0 Å². The normalized spacial score (nSPS) is 18.1. The summed E-state index contributed by atoms with van der Waals surface area (Å²) in [6.45, 7) is 8.55. The summed E-state index contributed by atoms with van der Waals surface area (Å²) in [5.41, 5.74) is 2.04. The molecule has 0 amide bonds. The van der Waals surface area contributed by atoms with Gasteiger partial charge in [0.05, 0.1) is 40.9 Å². The molecule has 0 aliphatic carbocycles. The van der Waals surface area contributed by atoms with E-state index in [1.165, 1.54) is 16.2 Å². The van der Waals surface area contributed by atoms with Crippen LogP contribution in [0.2, 0.25) is 0 Å². The minimum absolute atomic E-state index is 0.111. The summed E-state index contributed by atoms with van der Waals surface area (Å²) in [6.07, 6.45) is 2.79. The van der Waals surface area contributed by atoms with Crippen LogP contribution in [0.1, 0.15) is 55.3 Å². The van der Waals surface area contributed by atoms with E-state index in [1.54, 1.807) is 13.0 Å². The van der Waals surface area contributed by atoms with Gasteiger partial charge in [0.2, 0.25) is 11.2 Å². The Morgan fingerprint density at radius 1 is 1.25 bits per heavy atom. The van der Waals surface area contributed by atoms with Gasteiger partial charge in [0.25, 0.3) is 0 Å². The number of aryl methyl sites for hydroxylation is 1. The lowest BCUT2D eigenvalue weighted by atomic mass is 9.97. The first-order valence-corrected chi connectivity index (χ1v) is 13.4. The molecule has 2 N–H and O–H groups in total. The van der Waals surface area contributed by atoms with Crippen molar-refractivity contribution in [3.05, 3.63) is 57.4 Å². The van der Waals surface area contributed by atoms with E-state index in [0.717, 1.165) is 36.1 Å². The van der Waals surface area contributed by atoms with Gasteiger partial charge in [-0.15, -0.1) is 11.3 Å². The topological polar surface area (TPSA) is 94.1 Å². The molecule has 0 radical (unpaired) electrons. The first kappa shape index (κ1) is 24.5. The van der Waals surface area contributed by atoms with Crippen LogP contribution in [0.5, 0.6) is 5.75 Å².